The highest BCUT2D eigenvalue weighted by molar-refractivity contribution is 6.31. The SMILES string of the molecule is O=C(CCl)Cc1nc2cc(Cl)ccc2o1. The van der Waals surface area contributed by atoms with Gasteiger partial charge in [-0.2, -0.15) is 0 Å². The molecule has 1 heterocycles. The van der Waals surface area contributed by atoms with Crippen LogP contribution < -0.4 is 0 Å². The summed E-state index contributed by atoms with van der Waals surface area (Å²) in [6.45, 7) is 0. The maximum absolute atomic E-state index is 11.1. The third-order valence-corrected chi connectivity index (χ3v) is 2.42. The zero-order valence-corrected chi connectivity index (χ0v) is 9.18. The van der Waals surface area contributed by atoms with Crippen molar-refractivity contribution >= 4 is 40.1 Å². The Kier molecular flexibility index (Phi) is 2.93. The van der Waals surface area contributed by atoms with Gasteiger partial charge in [-0.05, 0) is 18.2 Å². The number of ketones is 1. The largest absolute Gasteiger partial charge is 0.440 e. The first-order valence-electron chi connectivity index (χ1n) is 4.31. The highest BCUT2D eigenvalue weighted by atomic mass is 35.5. The van der Waals surface area contributed by atoms with Gasteiger partial charge in [0.25, 0.3) is 0 Å². The number of hydrogen-bond donors (Lipinski definition) is 0. The lowest BCUT2D eigenvalue weighted by Crippen LogP contribution is -2.03. The van der Waals surface area contributed by atoms with Crippen LogP contribution in [0.25, 0.3) is 11.1 Å². The molecule has 0 saturated carbocycles. The zero-order chi connectivity index (χ0) is 10.8. The molecule has 0 spiro atoms. The van der Waals surface area contributed by atoms with Gasteiger partial charge < -0.3 is 4.42 Å². The summed E-state index contributed by atoms with van der Waals surface area (Å²) < 4.78 is 5.35. The monoisotopic (exact) mass is 243 g/mol. The second-order valence-electron chi connectivity index (χ2n) is 3.07. The van der Waals surface area contributed by atoms with Crippen molar-refractivity contribution in [2.75, 3.05) is 5.88 Å². The van der Waals surface area contributed by atoms with Gasteiger partial charge in [0, 0.05) is 5.02 Å². The summed E-state index contributed by atoms with van der Waals surface area (Å²) in [6, 6.07) is 5.12. The molecule has 2 rings (SSSR count). The fourth-order valence-corrected chi connectivity index (χ4v) is 1.50. The molecule has 2 aromatic rings. The van der Waals surface area contributed by atoms with Crippen LogP contribution in [0.4, 0.5) is 0 Å². The summed E-state index contributed by atoms with van der Waals surface area (Å²) in [5.41, 5.74) is 1.27. The average molecular weight is 244 g/mol. The second-order valence-corrected chi connectivity index (χ2v) is 3.77. The van der Waals surface area contributed by atoms with Gasteiger partial charge in [-0.3, -0.25) is 4.79 Å². The van der Waals surface area contributed by atoms with Crippen LogP contribution in [0.3, 0.4) is 0 Å². The summed E-state index contributed by atoms with van der Waals surface area (Å²) in [5, 5.41) is 0.589. The number of carbonyl (C=O) groups excluding carboxylic acids is 1. The molecule has 3 nitrogen and oxygen atoms in total. The fraction of sp³-hybridized carbons (Fsp3) is 0.200. The van der Waals surface area contributed by atoms with Gasteiger partial charge in [0.2, 0.25) is 5.89 Å². The fourth-order valence-electron chi connectivity index (χ4n) is 1.24. The van der Waals surface area contributed by atoms with Crippen LogP contribution in [-0.2, 0) is 11.2 Å². The Hall–Kier alpha value is -1.06. The van der Waals surface area contributed by atoms with E-state index >= 15 is 0 Å². The van der Waals surface area contributed by atoms with Crippen LogP contribution in [0.5, 0.6) is 0 Å². The first kappa shape index (κ1) is 10.5. The Balaban J connectivity index is 2.34. The third kappa shape index (κ3) is 2.30. The average Bonchev–Trinajstić information content (AvgIpc) is 2.59. The lowest BCUT2D eigenvalue weighted by atomic mass is 10.3. The molecule has 0 radical (unpaired) electrons. The van der Waals surface area contributed by atoms with Crippen molar-refractivity contribution in [1.82, 2.24) is 4.98 Å². The van der Waals surface area contributed by atoms with Gasteiger partial charge in [0.15, 0.2) is 11.4 Å². The third-order valence-electron chi connectivity index (χ3n) is 1.89. The molecular formula is C10H7Cl2NO2. The maximum atomic E-state index is 11.1. The van der Waals surface area contributed by atoms with Crippen molar-refractivity contribution in [3.05, 3.63) is 29.1 Å². The molecule has 15 heavy (non-hydrogen) atoms. The predicted molar refractivity (Wildman–Crippen MR) is 58.5 cm³/mol. The summed E-state index contributed by atoms with van der Waals surface area (Å²) in [7, 11) is 0. The molecular weight excluding hydrogens is 237 g/mol. The molecule has 0 saturated heterocycles. The van der Waals surface area contributed by atoms with Crippen molar-refractivity contribution in [2.45, 2.75) is 6.42 Å². The Labute approximate surface area is 96.0 Å². The van der Waals surface area contributed by atoms with Gasteiger partial charge >= 0.3 is 0 Å². The lowest BCUT2D eigenvalue weighted by Gasteiger charge is -1.88. The van der Waals surface area contributed by atoms with Crippen LogP contribution in [-0.4, -0.2) is 16.6 Å². The molecule has 1 aromatic heterocycles. The highest BCUT2D eigenvalue weighted by Gasteiger charge is 2.09. The Morgan fingerprint density at radius 1 is 1.47 bits per heavy atom. The zero-order valence-electron chi connectivity index (χ0n) is 7.67. The van der Waals surface area contributed by atoms with E-state index in [9.17, 15) is 4.79 Å². The minimum Gasteiger partial charge on any atom is -0.440 e. The van der Waals surface area contributed by atoms with E-state index in [2.05, 4.69) is 4.98 Å². The van der Waals surface area contributed by atoms with E-state index in [1.165, 1.54) is 0 Å². The van der Waals surface area contributed by atoms with Crippen molar-refractivity contribution in [3.63, 3.8) is 0 Å². The Morgan fingerprint density at radius 3 is 3.00 bits per heavy atom. The molecule has 0 atom stereocenters. The molecule has 0 fully saturated rings. The normalized spacial score (nSPS) is 10.8. The van der Waals surface area contributed by atoms with E-state index in [1.807, 2.05) is 0 Å². The standard InChI is InChI=1S/C10H7Cl2NO2/c11-5-7(14)4-10-13-8-3-6(12)1-2-9(8)15-10/h1-3H,4-5H2. The molecule has 0 bridgehead atoms. The van der Waals surface area contributed by atoms with Crippen molar-refractivity contribution in [1.29, 1.82) is 0 Å². The summed E-state index contributed by atoms with van der Waals surface area (Å²) in [5.74, 6) is 0.228. The van der Waals surface area contributed by atoms with E-state index in [0.29, 0.717) is 22.0 Å². The molecule has 0 N–H and O–H groups in total. The van der Waals surface area contributed by atoms with Gasteiger partial charge in [-0.1, -0.05) is 11.6 Å². The molecule has 1 aromatic carbocycles. The van der Waals surface area contributed by atoms with Crippen LogP contribution in [0, 0.1) is 0 Å². The van der Waals surface area contributed by atoms with E-state index in [1.54, 1.807) is 18.2 Å². The van der Waals surface area contributed by atoms with Crippen LogP contribution >= 0.6 is 23.2 Å². The van der Waals surface area contributed by atoms with E-state index in [4.69, 9.17) is 27.6 Å². The van der Waals surface area contributed by atoms with Crippen LogP contribution in [0.2, 0.25) is 5.02 Å². The van der Waals surface area contributed by atoms with Crippen molar-refractivity contribution in [2.24, 2.45) is 0 Å². The predicted octanol–water partition coefficient (Wildman–Crippen LogP) is 2.83. The summed E-state index contributed by atoms with van der Waals surface area (Å²) in [4.78, 5) is 15.2. The molecule has 0 unspecified atom stereocenters. The minimum atomic E-state index is -0.116. The number of rotatable bonds is 3. The topological polar surface area (TPSA) is 43.1 Å². The second kappa shape index (κ2) is 4.21. The number of oxazole rings is 1. The van der Waals surface area contributed by atoms with E-state index in [0.717, 1.165) is 0 Å². The van der Waals surface area contributed by atoms with Gasteiger partial charge in [0.05, 0.1) is 12.3 Å². The number of nitrogens with zero attached hydrogens (tertiary/aromatic N) is 1. The van der Waals surface area contributed by atoms with Crippen molar-refractivity contribution < 1.29 is 9.21 Å². The number of alkyl halides is 1. The molecule has 0 aliphatic carbocycles. The van der Waals surface area contributed by atoms with Gasteiger partial charge in [0.1, 0.15) is 5.52 Å². The number of benzene rings is 1. The first-order valence-corrected chi connectivity index (χ1v) is 5.23. The number of hydrogen-bond acceptors (Lipinski definition) is 3. The maximum Gasteiger partial charge on any atom is 0.202 e. The number of fused-ring (bicyclic) bond motifs is 1. The smallest absolute Gasteiger partial charge is 0.202 e. The van der Waals surface area contributed by atoms with Gasteiger partial charge in [-0.25, -0.2) is 4.98 Å². The number of carbonyl (C=O) groups is 1. The summed E-state index contributed by atoms with van der Waals surface area (Å²) in [6.07, 6.45) is 0.121. The van der Waals surface area contributed by atoms with Gasteiger partial charge in [-0.15, -0.1) is 11.6 Å². The molecule has 5 heteroatoms. The highest BCUT2D eigenvalue weighted by Crippen LogP contribution is 2.20. The van der Waals surface area contributed by atoms with Crippen molar-refractivity contribution in [3.8, 4) is 0 Å². The first-order chi connectivity index (χ1) is 7.19. The van der Waals surface area contributed by atoms with Crippen LogP contribution in [0.1, 0.15) is 5.89 Å². The number of Topliss-reactive ketones (excluding diaryl/α,β-unsaturated/α-hetero) is 1. The summed E-state index contributed by atoms with van der Waals surface area (Å²) >= 11 is 11.2. The Morgan fingerprint density at radius 2 is 2.27 bits per heavy atom. The molecule has 0 aliphatic rings. The number of halogens is 2. The quantitative estimate of drug-likeness (QED) is 0.779. The van der Waals surface area contributed by atoms with E-state index in [-0.39, 0.29) is 18.1 Å². The molecule has 0 amide bonds. The lowest BCUT2D eigenvalue weighted by molar-refractivity contribution is -0.116. The Bertz CT molecular complexity index is 507. The minimum absolute atomic E-state index is 0.0283. The number of aromatic nitrogens is 1. The molecule has 0 aliphatic heterocycles. The van der Waals surface area contributed by atoms with Crippen LogP contribution in [0.15, 0.2) is 22.6 Å². The van der Waals surface area contributed by atoms with E-state index < -0.39 is 0 Å². The molecule has 78 valence electrons.